The van der Waals surface area contributed by atoms with Gasteiger partial charge in [-0.25, -0.2) is 4.79 Å². The summed E-state index contributed by atoms with van der Waals surface area (Å²) in [5.41, 5.74) is -0.414. The quantitative estimate of drug-likeness (QED) is 0.588. The van der Waals surface area contributed by atoms with Gasteiger partial charge in [0.2, 0.25) is 5.91 Å². The van der Waals surface area contributed by atoms with Crippen molar-refractivity contribution in [2.24, 2.45) is 0 Å². The molecule has 92 valence electrons. The second-order valence-electron chi connectivity index (χ2n) is 6.02. The van der Waals surface area contributed by atoms with Crippen LogP contribution in [-0.2, 0) is 9.59 Å². The number of aliphatic carboxylic acids is 1. The number of likely N-dealkylation sites (tertiary alicyclic amines) is 1. The van der Waals surface area contributed by atoms with Crippen molar-refractivity contribution in [1.29, 1.82) is 0 Å². The number of hydrogen-bond acceptors (Lipinski definition) is 2. The zero-order valence-corrected chi connectivity index (χ0v) is 12.0. The molecule has 16 heavy (non-hydrogen) atoms. The summed E-state index contributed by atoms with van der Waals surface area (Å²) < 4.78 is 0. The molecule has 1 N–H and O–H groups in total. The number of hydrogen-bond donors (Lipinski definition) is 1. The number of carbonyl (C=O) groups excluding carboxylic acids is 1. The van der Waals surface area contributed by atoms with Gasteiger partial charge in [-0.1, -0.05) is 20.0 Å². The standard InChI is InChI=1S/C11H21NO3Si/c1-10(2,3)12-7(8(13)14)11(4,9(12)15)16(5)6/h7,16H,1-6H3,(H,13,14)/t7-,11+/m0/s1. The third-order valence-electron chi connectivity index (χ3n) is 3.66. The van der Waals surface area contributed by atoms with E-state index in [1.807, 2.05) is 40.8 Å². The molecule has 0 aromatic heterocycles. The van der Waals surface area contributed by atoms with Gasteiger partial charge in [-0.3, -0.25) is 4.79 Å². The largest absolute Gasteiger partial charge is 0.480 e. The highest BCUT2D eigenvalue weighted by Gasteiger charge is 2.65. The van der Waals surface area contributed by atoms with Crippen LogP contribution in [0, 0.1) is 0 Å². The Morgan fingerprint density at radius 2 is 1.88 bits per heavy atom. The maximum absolute atomic E-state index is 12.2. The Bertz CT molecular complexity index is 335. The van der Waals surface area contributed by atoms with E-state index in [9.17, 15) is 14.7 Å². The number of amides is 1. The van der Waals surface area contributed by atoms with Crippen LogP contribution in [0.1, 0.15) is 27.7 Å². The summed E-state index contributed by atoms with van der Waals surface area (Å²) in [5.74, 6) is -0.868. The second kappa shape index (κ2) is 3.58. The van der Waals surface area contributed by atoms with E-state index < -0.39 is 31.4 Å². The van der Waals surface area contributed by atoms with Gasteiger partial charge in [0.05, 0.1) is 13.8 Å². The van der Waals surface area contributed by atoms with E-state index >= 15 is 0 Å². The zero-order valence-electron chi connectivity index (χ0n) is 10.9. The normalized spacial score (nSPS) is 30.6. The van der Waals surface area contributed by atoms with E-state index in [4.69, 9.17) is 0 Å². The zero-order chi connectivity index (χ0) is 12.9. The topological polar surface area (TPSA) is 57.6 Å². The average molecular weight is 243 g/mol. The van der Waals surface area contributed by atoms with Crippen LogP contribution < -0.4 is 0 Å². The van der Waals surface area contributed by atoms with Gasteiger partial charge in [-0.05, 0) is 20.8 Å². The van der Waals surface area contributed by atoms with Crippen LogP contribution in [0.15, 0.2) is 0 Å². The summed E-state index contributed by atoms with van der Waals surface area (Å²) in [6.07, 6.45) is 0. The van der Waals surface area contributed by atoms with Crippen molar-refractivity contribution in [3.8, 4) is 0 Å². The highest BCUT2D eigenvalue weighted by molar-refractivity contribution is 6.66. The predicted molar refractivity (Wildman–Crippen MR) is 65.3 cm³/mol. The van der Waals surface area contributed by atoms with Crippen LogP contribution in [0.3, 0.4) is 0 Å². The minimum atomic E-state index is -1.35. The first-order chi connectivity index (χ1) is 7.04. The fourth-order valence-electron chi connectivity index (χ4n) is 2.32. The molecule has 0 aromatic rings. The summed E-state index contributed by atoms with van der Waals surface area (Å²) >= 11 is 0. The van der Waals surface area contributed by atoms with E-state index in [1.54, 1.807) is 0 Å². The number of β-lactam (4-membered cyclic amide) rings is 1. The maximum Gasteiger partial charge on any atom is 0.327 e. The smallest absolute Gasteiger partial charge is 0.327 e. The van der Waals surface area contributed by atoms with E-state index in [0.717, 1.165) is 0 Å². The Morgan fingerprint density at radius 3 is 2.12 bits per heavy atom. The Labute approximate surface area is 98.2 Å². The third-order valence-corrected chi connectivity index (χ3v) is 6.62. The van der Waals surface area contributed by atoms with Crippen LogP contribution in [-0.4, -0.2) is 42.3 Å². The van der Waals surface area contributed by atoms with Crippen molar-refractivity contribution in [1.82, 2.24) is 4.90 Å². The van der Waals surface area contributed by atoms with Crippen molar-refractivity contribution < 1.29 is 14.7 Å². The molecule has 2 atom stereocenters. The predicted octanol–water partition coefficient (Wildman–Crippen LogP) is 1.33. The molecular weight excluding hydrogens is 222 g/mol. The second-order valence-corrected chi connectivity index (χ2v) is 9.53. The summed E-state index contributed by atoms with van der Waals surface area (Å²) in [6, 6.07) is -0.647. The molecule has 0 radical (unpaired) electrons. The van der Waals surface area contributed by atoms with Crippen LogP contribution in [0.5, 0.6) is 0 Å². The van der Waals surface area contributed by atoms with Gasteiger partial charge in [0.1, 0.15) is 6.04 Å². The van der Waals surface area contributed by atoms with Gasteiger partial charge in [-0.2, -0.15) is 0 Å². The van der Waals surface area contributed by atoms with Crippen LogP contribution in [0.2, 0.25) is 18.1 Å². The monoisotopic (exact) mass is 243 g/mol. The first-order valence-electron chi connectivity index (χ1n) is 5.61. The summed E-state index contributed by atoms with van der Waals surface area (Å²) in [6.45, 7) is 11.5. The van der Waals surface area contributed by atoms with Gasteiger partial charge in [0.25, 0.3) is 0 Å². The number of nitrogens with zero attached hydrogens (tertiary/aromatic N) is 1. The van der Waals surface area contributed by atoms with Crippen LogP contribution in [0.4, 0.5) is 0 Å². The van der Waals surface area contributed by atoms with Crippen LogP contribution in [0.25, 0.3) is 0 Å². The molecular formula is C11H21NO3Si. The van der Waals surface area contributed by atoms with Gasteiger partial charge < -0.3 is 10.0 Å². The Kier molecular flexibility index (Phi) is 2.96. The van der Waals surface area contributed by atoms with Crippen molar-refractivity contribution in [2.75, 3.05) is 0 Å². The molecule has 4 nitrogen and oxygen atoms in total. The fraction of sp³-hybridized carbons (Fsp3) is 0.818. The first-order valence-corrected chi connectivity index (χ1v) is 8.49. The molecule has 5 heteroatoms. The lowest BCUT2D eigenvalue weighted by molar-refractivity contribution is -0.176. The molecule has 1 fully saturated rings. The molecule has 0 aliphatic carbocycles. The van der Waals surface area contributed by atoms with Gasteiger partial charge in [0, 0.05) is 5.54 Å². The summed E-state index contributed by atoms with van der Waals surface area (Å²) in [4.78, 5) is 25.0. The van der Waals surface area contributed by atoms with E-state index in [2.05, 4.69) is 0 Å². The molecule has 0 aromatic carbocycles. The Morgan fingerprint density at radius 1 is 1.44 bits per heavy atom. The number of carboxylic acids is 1. The lowest BCUT2D eigenvalue weighted by atomic mass is 9.82. The highest BCUT2D eigenvalue weighted by Crippen LogP contribution is 2.51. The van der Waals surface area contributed by atoms with Crippen molar-refractivity contribution >= 4 is 20.7 Å². The fourth-order valence-corrected chi connectivity index (χ4v) is 3.87. The lowest BCUT2D eigenvalue weighted by Gasteiger charge is -2.59. The molecule has 1 saturated heterocycles. The van der Waals surface area contributed by atoms with Crippen LogP contribution >= 0.6 is 0 Å². The van der Waals surface area contributed by atoms with E-state index in [1.165, 1.54) is 4.90 Å². The number of carbonyl (C=O) groups is 2. The molecule has 0 unspecified atom stereocenters. The molecule has 1 heterocycles. The van der Waals surface area contributed by atoms with Crippen molar-refractivity contribution in [2.45, 2.75) is 57.4 Å². The number of carboxylic acid groups (broad SMARTS) is 1. The molecule has 1 amide bonds. The van der Waals surface area contributed by atoms with Gasteiger partial charge in [-0.15, -0.1) is 0 Å². The average Bonchev–Trinajstić information content (AvgIpc) is 2.08. The number of rotatable bonds is 2. The minimum absolute atomic E-state index is 0.00840. The van der Waals surface area contributed by atoms with Crippen molar-refractivity contribution in [3.05, 3.63) is 0 Å². The first kappa shape index (κ1) is 13.2. The molecule has 0 saturated carbocycles. The minimum Gasteiger partial charge on any atom is -0.480 e. The molecule has 0 bridgehead atoms. The lowest BCUT2D eigenvalue weighted by Crippen LogP contribution is -2.74. The summed E-state index contributed by atoms with van der Waals surface area (Å²) in [7, 11) is -1.35. The van der Waals surface area contributed by atoms with Crippen molar-refractivity contribution in [3.63, 3.8) is 0 Å². The van der Waals surface area contributed by atoms with E-state index in [0.29, 0.717) is 0 Å². The summed E-state index contributed by atoms with van der Waals surface area (Å²) in [5, 5.41) is 8.67. The highest BCUT2D eigenvalue weighted by atomic mass is 28.3. The third kappa shape index (κ3) is 1.57. The Balaban J connectivity index is 3.13. The molecule has 1 rings (SSSR count). The molecule has 0 spiro atoms. The van der Waals surface area contributed by atoms with Gasteiger partial charge >= 0.3 is 5.97 Å². The maximum atomic E-state index is 12.2. The SMILES string of the molecule is C[SiH](C)[C@@]1(C)C(=O)N(C(C)(C)C)[C@H]1C(=O)O. The molecule has 1 aliphatic heterocycles. The van der Waals surface area contributed by atoms with Gasteiger partial charge in [0.15, 0.2) is 0 Å². The van der Waals surface area contributed by atoms with E-state index in [-0.39, 0.29) is 5.91 Å². The Hall–Kier alpha value is -0.843. The molecule has 1 aliphatic rings.